The van der Waals surface area contributed by atoms with Crippen molar-refractivity contribution in [2.75, 3.05) is 60.0 Å². The monoisotopic (exact) mass is 355 g/mol. The van der Waals surface area contributed by atoms with E-state index < -0.39 is 10.2 Å². The molecular weight excluding hydrogens is 326 g/mol. The van der Waals surface area contributed by atoms with Gasteiger partial charge in [0.05, 0.1) is 13.2 Å². The van der Waals surface area contributed by atoms with Crippen molar-refractivity contribution in [2.24, 2.45) is 0 Å². The first-order chi connectivity index (χ1) is 11.5. The zero-order valence-corrected chi connectivity index (χ0v) is 15.5. The van der Waals surface area contributed by atoms with E-state index in [1.54, 1.807) is 8.61 Å². The van der Waals surface area contributed by atoms with Crippen LogP contribution in [-0.4, -0.2) is 82.0 Å². The molecule has 1 fully saturated rings. The minimum atomic E-state index is -3.41. The van der Waals surface area contributed by atoms with E-state index >= 15 is 0 Å². The molecular formula is C17H29N3O3S. The number of rotatable bonds is 9. The van der Waals surface area contributed by atoms with Gasteiger partial charge >= 0.3 is 0 Å². The molecule has 1 aliphatic rings. The lowest BCUT2D eigenvalue weighted by Crippen LogP contribution is -2.50. The van der Waals surface area contributed by atoms with E-state index in [0.29, 0.717) is 39.4 Å². The summed E-state index contributed by atoms with van der Waals surface area (Å²) in [6, 6.07) is 10.2. The second-order valence-corrected chi connectivity index (χ2v) is 8.24. The predicted molar refractivity (Wildman–Crippen MR) is 96.2 cm³/mol. The lowest BCUT2D eigenvalue weighted by atomic mass is 10.1. The summed E-state index contributed by atoms with van der Waals surface area (Å²) in [7, 11) is 0.509. The Morgan fingerprint density at radius 1 is 1.04 bits per heavy atom. The lowest BCUT2D eigenvalue weighted by Gasteiger charge is -2.32. The van der Waals surface area contributed by atoms with Gasteiger partial charge in [0.1, 0.15) is 0 Å². The molecule has 1 aromatic rings. The molecule has 0 radical (unpaired) electrons. The zero-order chi connectivity index (χ0) is 17.4. The van der Waals surface area contributed by atoms with Gasteiger partial charge in [-0.3, -0.25) is 0 Å². The van der Waals surface area contributed by atoms with Crippen molar-refractivity contribution in [2.45, 2.75) is 12.8 Å². The van der Waals surface area contributed by atoms with Crippen LogP contribution in [0.15, 0.2) is 30.3 Å². The van der Waals surface area contributed by atoms with Crippen LogP contribution >= 0.6 is 0 Å². The fourth-order valence-corrected chi connectivity index (χ4v) is 4.31. The summed E-state index contributed by atoms with van der Waals surface area (Å²) >= 11 is 0. The van der Waals surface area contributed by atoms with Crippen molar-refractivity contribution < 1.29 is 13.2 Å². The minimum Gasteiger partial charge on any atom is -0.379 e. The van der Waals surface area contributed by atoms with Gasteiger partial charge in [-0.1, -0.05) is 30.3 Å². The second kappa shape index (κ2) is 9.48. The SMILES string of the molecule is CN(C)CCN(CCCc1ccccc1)S(=O)(=O)N1CCOCC1. The van der Waals surface area contributed by atoms with E-state index in [1.807, 2.05) is 37.2 Å². The quantitative estimate of drug-likeness (QED) is 0.665. The van der Waals surface area contributed by atoms with E-state index in [4.69, 9.17) is 4.74 Å². The van der Waals surface area contributed by atoms with Gasteiger partial charge in [0, 0.05) is 32.7 Å². The van der Waals surface area contributed by atoms with E-state index in [0.717, 1.165) is 19.4 Å². The molecule has 1 aromatic carbocycles. The predicted octanol–water partition coefficient (Wildman–Crippen LogP) is 1.06. The van der Waals surface area contributed by atoms with Crippen LogP contribution in [0.25, 0.3) is 0 Å². The molecule has 1 aliphatic heterocycles. The first-order valence-electron chi connectivity index (χ1n) is 8.52. The highest BCUT2D eigenvalue weighted by molar-refractivity contribution is 7.86. The first kappa shape index (κ1) is 19.3. The molecule has 1 saturated heterocycles. The Kier molecular flexibility index (Phi) is 7.64. The van der Waals surface area contributed by atoms with Gasteiger partial charge in [0.25, 0.3) is 10.2 Å². The normalized spacial score (nSPS) is 16.8. The Morgan fingerprint density at radius 3 is 2.33 bits per heavy atom. The first-order valence-corrected chi connectivity index (χ1v) is 9.91. The van der Waals surface area contributed by atoms with Gasteiger partial charge in [0.2, 0.25) is 0 Å². The van der Waals surface area contributed by atoms with Crippen LogP contribution in [0.3, 0.4) is 0 Å². The van der Waals surface area contributed by atoms with Crippen LogP contribution in [0.4, 0.5) is 0 Å². The van der Waals surface area contributed by atoms with Gasteiger partial charge in [-0.05, 0) is 32.5 Å². The average molecular weight is 356 g/mol. The fraction of sp³-hybridized carbons (Fsp3) is 0.647. The van der Waals surface area contributed by atoms with E-state index in [1.165, 1.54) is 5.56 Å². The summed E-state index contributed by atoms with van der Waals surface area (Å²) in [6.45, 7) is 3.62. The Balaban J connectivity index is 1.97. The molecule has 0 spiro atoms. The largest absolute Gasteiger partial charge is 0.379 e. The average Bonchev–Trinajstić information content (AvgIpc) is 2.59. The van der Waals surface area contributed by atoms with E-state index in [-0.39, 0.29) is 0 Å². The third-order valence-electron chi connectivity index (χ3n) is 4.14. The van der Waals surface area contributed by atoms with Crippen molar-refractivity contribution in [3.8, 4) is 0 Å². The topological polar surface area (TPSA) is 53.1 Å². The molecule has 0 saturated carbocycles. The summed E-state index contributed by atoms with van der Waals surface area (Å²) in [5.74, 6) is 0. The number of morpholine rings is 1. The van der Waals surface area contributed by atoms with E-state index in [9.17, 15) is 8.42 Å². The summed E-state index contributed by atoms with van der Waals surface area (Å²) in [6.07, 6.45) is 1.71. The van der Waals surface area contributed by atoms with Crippen molar-refractivity contribution in [1.29, 1.82) is 0 Å². The molecule has 6 nitrogen and oxygen atoms in total. The van der Waals surface area contributed by atoms with Crippen molar-refractivity contribution in [1.82, 2.24) is 13.5 Å². The summed E-state index contributed by atoms with van der Waals surface area (Å²) < 4.78 is 34.3. The Labute approximate surface area is 146 Å². The third-order valence-corrected chi connectivity index (χ3v) is 6.17. The molecule has 0 N–H and O–H groups in total. The number of nitrogens with zero attached hydrogens (tertiary/aromatic N) is 3. The number of benzene rings is 1. The highest BCUT2D eigenvalue weighted by atomic mass is 32.2. The summed E-state index contributed by atoms with van der Waals surface area (Å²) in [5, 5.41) is 0. The molecule has 7 heteroatoms. The maximum absolute atomic E-state index is 12.9. The number of hydrogen-bond donors (Lipinski definition) is 0. The van der Waals surface area contributed by atoms with Crippen LogP contribution in [0.1, 0.15) is 12.0 Å². The molecule has 0 aromatic heterocycles. The molecule has 2 rings (SSSR count). The van der Waals surface area contributed by atoms with Gasteiger partial charge < -0.3 is 9.64 Å². The Hall–Kier alpha value is -0.990. The number of aryl methyl sites for hydroxylation is 1. The maximum atomic E-state index is 12.9. The lowest BCUT2D eigenvalue weighted by molar-refractivity contribution is 0.0700. The Bertz CT molecular complexity index is 572. The van der Waals surface area contributed by atoms with Crippen molar-refractivity contribution >= 4 is 10.2 Å². The molecule has 24 heavy (non-hydrogen) atoms. The van der Waals surface area contributed by atoms with Crippen LogP contribution in [0.2, 0.25) is 0 Å². The smallest absolute Gasteiger partial charge is 0.282 e. The van der Waals surface area contributed by atoms with E-state index in [2.05, 4.69) is 12.1 Å². The van der Waals surface area contributed by atoms with Crippen molar-refractivity contribution in [3.63, 3.8) is 0 Å². The second-order valence-electron chi connectivity index (χ2n) is 6.31. The highest BCUT2D eigenvalue weighted by Crippen LogP contribution is 2.13. The van der Waals surface area contributed by atoms with Gasteiger partial charge in [-0.15, -0.1) is 0 Å². The van der Waals surface area contributed by atoms with Gasteiger partial charge in [-0.25, -0.2) is 0 Å². The fourth-order valence-electron chi connectivity index (χ4n) is 2.70. The highest BCUT2D eigenvalue weighted by Gasteiger charge is 2.30. The van der Waals surface area contributed by atoms with Crippen LogP contribution in [0.5, 0.6) is 0 Å². The van der Waals surface area contributed by atoms with Gasteiger partial charge in [-0.2, -0.15) is 17.0 Å². The molecule has 136 valence electrons. The number of ether oxygens (including phenoxy) is 1. The third kappa shape index (κ3) is 5.82. The zero-order valence-electron chi connectivity index (χ0n) is 14.7. The van der Waals surface area contributed by atoms with Crippen molar-refractivity contribution in [3.05, 3.63) is 35.9 Å². The Morgan fingerprint density at radius 2 is 1.71 bits per heavy atom. The standard InChI is InChI=1S/C17H29N3O3S/c1-18(2)11-12-19(10-6-9-17-7-4-3-5-8-17)24(21,22)20-13-15-23-16-14-20/h3-5,7-8H,6,9-16H2,1-2H3. The van der Waals surface area contributed by atoms with Crippen LogP contribution in [-0.2, 0) is 21.4 Å². The molecule has 1 heterocycles. The molecule has 0 aliphatic carbocycles. The summed E-state index contributed by atoms with van der Waals surface area (Å²) in [4.78, 5) is 2.01. The molecule has 0 atom stereocenters. The molecule has 0 unspecified atom stereocenters. The number of likely N-dealkylation sites (N-methyl/N-ethyl adjacent to an activating group) is 1. The summed E-state index contributed by atoms with van der Waals surface area (Å²) in [5.41, 5.74) is 1.24. The van der Waals surface area contributed by atoms with Crippen LogP contribution < -0.4 is 0 Å². The maximum Gasteiger partial charge on any atom is 0.282 e. The number of hydrogen-bond acceptors (Lipinski definition) is 4. The molecule has 0 bridgehead atoms. The van der Waals surface area contributed by atoms with Gasteiger partial charge in [0.15, 0.2) is 0 Å². The van der Waals surface area contributed by atoms with Crippen LogP contribution in [0, 0.1) is 0 Å². The minimum absolute atomic E-state index is 0.444. The molecule has 0 amide bonds.